The molecule has 1 rings (SSSR count). The van der Waals surface area contributed by atoms with Gasteiger partial charge in [-0.2, -0.15) is 8.42 Å². The van der Waals surface area contributed by atoms with Gasteiger partial charge in [-0.3, -0.25) is 0 Å². The van der Waals surface area contributed by atoms with Gasteiger partial charge >= 0.3 is 10.2 Å². The van der Waals surface area contributed by atoms with Crippen molar-refractivity contribution in [2.45, 2.75) is 6.92 Å². The molecule has 0 bridgehead atoms. The van der Waals surface area contributed by atoms with Crippen molar-refractivity contribution in [2.75, 3.05) is 7.11 Å². The maximum absolute atomic E-state index is 12.5. The molecule has 0 aromatic heterocycles. The monoisotopic (exact) mass is 230 g/mol. The highest BCUT2D eigenvalue weighted by atomic mass is 32.3. The van der Waals surface area contributed by atoms with Crippen molar-refractivity contribution in [2.24, 2.45) is 0 Å². The molecule has 0 aliphatic rings. The van der Waals surface area contributed by atoms with Crippen molar-refractivity contribution in [3.8, 4) is 5.75 Å². The molecule has 0 unspecified atom stereocenters. The summed E-state index contributed by atoms with van der Waals surface area (Å²) in [6, 6.07) is 6.63. The van der Waals surface area contributed by atoms with Gasteiger partial charge in [0, 0.05) is 0 Å². The van der Waals surface area contributed by atoms with E-state index >= 15 is 0 Å². The summed E-state index contributed by atoms with van der Waals surface area (Å²) < 4.78 is 38.4. The molecule has 0 saturated heterocycles. The maximum atomic E-state index is 12.5. The van der Waals surface area contributed by atoms with E-state index in [1.54, 1.807) is 24.3 Å². The van der Waals surface area contributed by atoms with Crippen LogP contribution in [0.15, 0.2) is 29.2 Å². The number of benzene rings is 1. The number of rotatable bonds is 3. The van der Waals surface area contributed by atoms with Gasteiger partial charge in [-0.25, -0.2) is 0 Å². The summed E-state index contributed by atoms with van der Waals surface area (Å²) >= 11 is 0. The molecule has 82 valence electrons. The molecule has 0 heterocycles. The Kier molecular flexibility index (Phi) is 3.47. The van der Waals surface area contributed by atoms with Gasteiger partial charge in [0.25, 0.3) is 0 Å². The van der Waals surface area contributed by atoms with Gasteiger partial charge in [-0.05, 0) is 30.7 Å². The number of halogens is 1. The fraction of sp³-hybridized carbons (Fsp3) is 0.200. The molecule has 0 aliphatic carbocycles. The highest BCUT2D eigenvalue weighted by Crippen LogP contribution is 2.16. The molecule has 0 radical (unpaired) electrons. The zero-order valence-electron chi connectivity index (χ0n) is 8.40. The number of ether oxygens (including phenoxy) is 1. The number of methoxy groups -OCH3 is 1. The van der Waals surface area contributed by atoms with Crippen LogP contribution in [0.5, 0.6) is 5.75 Å². The number of hydrogen-bond acceptors (Lipinski definition) is 3. The van der Waals surface area contributed by atoms with Crippen molar-refractivity contribution in [1.82, 2.24) is 0 Å². The summed E-state index contributed by atoms with van der Waals surface area (Å²) in [4.78, 5) is -0.312. The van der Waals surface area contributed by atoms with Gasteiger partial charge in [-0.15, -0.1) is 3.89 Å². The van der Waals surface area contributed by atoms with Crippen molar-refractivity contribution < 1.29 is 17.0 Å². The quantitative estimate of drug-likeness (QED) is 0.749. The smallest absolute Gasteiger partial charge is 0.327 e. The first-order chi connectivity index (χ1) is 6.93. The van der Waals surface area contributed by atoms with Crippen LogP contribution in [0, 0.1) is 0 Å². The molecule has 0 atom stereocenters. The average Bonchev–Trinajstić information content (AvgIpc) is 2.17. The molecule has 15 heavy (non-hydrogen) atoms. The normalized spacial score (nSPS) is 12.6. The molecule has 0 amide bonds. The molecular weight excluding hydrogens is 219 g/mol. The summed E-state index contributed by atoms with van der Waals surface area (Å²) in [5.74, 6) is 0.660. The van der Waals surface area contributed by atoms with E-state index in [1.807, 2.05) is 0 Å². The molecule has 1 aromatic rings. The number of allylic oxidation sites excluding steroid dienone is 1. The van der Waals surface area contributed by atoms with E-state index in [9.17, 15) is 12.3 Å². The largest absolute Gasteiger partial charge is 0.497 e. The highest BCUT2D eigenvalue weighted by molar-refractivity contribution is 7.90. The molecule has 0 spiro atoms. The molecule has 3 nitrogen and oxygen atoms in total. The van der Waals surface area contributed by atoms with Crippen molar-refractivity contribution >= 4 is 16.3 Å². The fourth-order valence-corrected chi connectivity index (χ4v) is 1.28. The Morgan fingerprint density at radius 2 is 1.87 bits per heavy atom. The summed E-state index contributed by atoms with van der Waals surface area (Å²) in [6.45, 7) is 1.21. The second-order valence-corrected chi connectivity index (χ2v) is 4.49. The second-order valence-electron chi connectivity index (χ2n) is 2.97. The lowest BCUT2D eigenvalue weighted by Gasteiger charge is -1.99. The summed E-state index contributed by atoms with van der Waals surface area (Å²) in [6.07, 6.45) is 1.26. The molecule has 0 aliphatic heterocycles. The van der Waals surface area contributed by atoms with Crippen LogP contribution in [0.4, 0.5) is 3.89 Å². The second kappa shape index (κ2) is 4.44. The molecule has 0 N–H and O–H groups in total. The Morgan fingerprint density at radius 3 is 2.27 bits per heavy atom. The van der Waals surface area contributed by atoms with Gasteiger partial charge < -0.3 is 4.74 Å². The molecule has 1 aromatic carbocycles. The van der Waals surface area contributed by atoms with Crippen LogP contribution in [0.2, 0.25) is 0 Å². The van der Waals surface area contributed by atoms with Crippen molar-refractivity contribution in [1.29, 1.82) is 0 Å². The van der Waals surface area contributed by atoms with E-state index in [0.29, 0.717) is 11.3 Å². The average molecular weight is 230 g/mol. The molecule has 0 saturated carbocycles. The predicted molar refractivity (Wildman–Crippen MR) is 56.7 cm³/mol. The Labute approximate surface area is 88.4 Å². The van der Waals surface area contributed by atoms with Crippen LogP contribution < -0.4 is 4.74 Å². The first-order valence-electron chi connectivity index (χ1n) is 4.20. The zero-order valence-corrected chi connectivity index (χ0v) is 9.21. The van der Waals surface area contributed by atoms with Gasteiger partial charge in [0.1, 0.15) is 5.75 Å². The van der Waals surface area contributed by atoms with Crippen LogP contribution in [0.25, 0.3) is 6.08 Å². The SMILES string of the molecule is COc1ccc(/C=C(\C)S(=O)(=O)F)cc1. The highest BCUT2D eigenvalue weighted by Gasteiger charge is 2.09. The summed E-state index contributed by atoms with van der Waals surface area (Å²) in [7, 11) is -3.06. The van der Waals surface area contributed by atoms with Gasteiger partial charge in [0.2, 0.25) is 0 Å². The Morgan fingerprint density at radius 1 is 1.33 bits per heavy atom. The Hall–Kier alpha value is -1.36. The third kappa shape index (κ3) is 3.36. The minimum atomic E-state index is -4.59. The predicted octanol–water partition coefficient (Wildman–Crippen LogP) is 2.36. The summed E-state index contributed by atoms with van der Waals surface area (Å²) in [5, 5.41) is 0. The van der Waals surface area contributed by atoms with E-state index in [4.69, 9.17) is 4.74 Å². The van der Waals surface area contributed by atoms with E-state index in [-0.39, 0.29) is 4.91 Å². The number of hydrogen-bond donors (Lipinski definition) is 0. The van der Waals surface area contributed by atoms with Crippen LogP contribution in [0.3, 0.4) is 0 Å². The molecular formula is C10H11FO3S. The van der Waals surface area contributed by atoms with Crippen LogP contribution in [0.1, 0.15) is 12.5 Å². The lowest BCUT2D eigenvalue weighted by Crippen LogP contribution is -1.91. The lowest BCUT2D eigenvalue weighted by molar-refractivity contribution is 0.415. The van der Waals surface area contributed by atoms with Gasteiger partial charge in [-0.1, -0.05) is 12.1 Å². The minimum absolute atomic E-state index is 0.312. The van der Waals surface area contributed by atoms with Crippen molar-refractivity contribution in [3.05, 3.63) is 34.7 Å². The van der Waals surface area contributed by atoms with Crippen molar-refractivity contribution in [3.63, 3.8) is 0 Å². The van der Waals surface area contributed by atoms with Crippen LogP contribution in [-0.2, 0) is 10.2 Å². The van der Waals surface area contributed by atoms with E-state index in [1.165, 1.54) is 20.1 Å². The van der Waals surface area contributed by atoms with Gasteiger partial charge in [0.15, 0.2) is 0 Å². The topological polar surface area (TPSA) is 43.4 Å². The third-order valence-electron chi connectivity index (χ3n) is 1.87. The van der Waals surface area contributed by atoms with E-state index in [0.717, 1.165) is 0 Å². The van der Waals surface area contributed by atoms with E-state index in [2.05, 4.69) is 0 Å². The minimum Gasteiger partial charge on any atom is -0.497 e. The van der Waals surface area contributed by atoms with Gasteiger partial charge in [0.05, 0.1) is 12.0 Å². The van der Waals surface area contributed by atoms with Crippen LogP contribution in [-0.4, -0.2) is 15.5 Å². The maximum Gasteiger partial charge on any atom is 0.327 e. The lowest BCUT2D eigenvalue weighted by atomic mass is 10.2. The third-order valence-corrected chi connectivity index (χ3v) is 2.76. The Bertz CT molecular complexity index is 460. The first kappa shape index (κ1) is 11.7. The zero-order chi connectivity index (χ0) is 11.5. The molecule has 5 heteroatoms. The molecule has 0 fully saturated rings. The first-order valence-corrected chi connectivity index (χ1v) is 5.59. The fourth-order valence-electron chi connectivity index (χ4n) is 1.01. The van der Waals surface area contributed by atoms with E-state index < -0.39 is 10.2 Å². The Balaban J connectivity index is 3.00. The summed E-state index contributed by atoms with van der Waals surface area (Å²) in [5.41, 5.74) is 0.606. The van der Waals surface area contributed by atoms with Crippen LogP contribution >= 0.6 is 0 Å². The standard InChI is InChI=1S/C10H11FO3S/c1-8(15(11,12)13)7-9-3-5-10(14-2)6-4-9/h3-7H,1-2H3/b8-7+.